The first-order valence-electron chi connectivity index (χ1n) is 9.03. The summed E-state index contributed by atoms with van der Waals surface area (Å²) in [7, 11) is 6.73. The van der Waals surface area contributed by atoms with Crippen LogP contribution in [0.15, 0.2) is 47.4 Å². The van der Waals surface area contributed by atoms with Crippen LogP contribution in [0.25, 0.3) is 0 Å². The largest absolute Gasteiger partial charge is 0.350 e. The first-order valence-corrected chi connectivity index (χ1v) is 10.0. The van der Waals surface area contributed by atoms with Crippen molar-refractivity contribution in [2.75, 3.05) is 40.5 Å². The van der Waals surface area contributed by atoms with Crippen molar-refractivity contribution in [1.29, 1.82) is 0 Å². The van der Waals surface area contributed by atoms with Crippen molar-refractivity contribution in [3.8, 4) is 0 Å². The molecule has 2 rings (SSSR count). The van der Waals surface area contributed by atoms with Gasteiger partial charge in [0.2, 0.25) is 5.91 Å². The number of rotatable bonds is 8. The molecular formula is C21H25F2N3O2S. The van der Waals surface area contributed by atoms with Crippen LogP contribution in [-0.2, 0) is 4.79 Å². The van der Waals surface area contributed by atoms with Crippen LogP contribution in [-0.4, -0.2) is 62.1 Å². The first-order chi connectivity index (χ1) is 13.7. The SMILES string of the molecule is CN(C)C(=O)CSc1ccccc1C(=O)NCC(c1c(F)cccc1F)N(C)C. The van der Waals surface area contributed by atoms with Gasteiger partial charge in [0, 0.05) is 31.1 Å². The maximum Gasteiger partial charge on any atom is 0.252 e. The molecule has 2 aromatic carbocycles. The molecule has 1 N–H and O–H groups in total. The Morgan fingerprint density at radius 1 is 1.00 bits per heavy atom. The summed E-state index contributed by atoms with van der Waals surface area (Å²) in [6.45, 7) is 0.0271. The standard InChI is InChI=1S/C21H25F2N3O2S/c1-25(2)17(20-15(22)9-7-10-16(20)23)12-24-21(28)14-8-5-6-11-18(14)29-13-19(27)26(3)4/h5-11,17H,12-13H2,1-4H3,(H,24,28). The lowest BCUT2D eigenvalue weighted by atomic mass is 10.0. The number of benzene rings is 2. The van der Waals surface area contributed by atoms with Crippen molar-refractivity contribution in [2.24, 2.45) is 0 Å². The molecule has 0 saturated carbocycles. The van der Waals surface area contributed by atoms with Gasteiger partial charge in [0.15, 0.2) is 0 Å². The van der Waals surface area contributed by atoms with Gasteiger partial charge >= 0.3 is 0 Å². The second-order valence-electron chi connectivity index (χ2n) is 6.90. The highest BCUT2D eigenvalue weighted by Crippen LogP contribution is 2.25. The van der Waals surface area contributed by atoms with Gasteiger partial charge in [-0.25, -0.2) is 8.78 Å². The molecule has 8 heteroatoms. The van der Waals surface area contributed by atoms with Gasteiger partial charge in [-0.3, -0.25) is 9.59 Å². The van der Waals surface area contributed by atoms with E-state index in [1.165, 1.54) is 34.9 Å². The second kappa shape index (κ2) is 10.4. The highest BCUT2D eigenvalue weighted by molar-refractivity contribution is 8.00. The van der Waals surface area contributed by atoms with Crippen molar-refractivity contribution in [2.45, 2.75) is 10.9 Å². The summed E-state index contributed by atoms with van der Waals surface area (Å²) in [5, 5.41) is 2.76. The van der Waals surface area contributed by atoms with E-state index in [2.05, 4.69) is 5.32 Å². The Hall–Kier alpha value is -2.45. The molecule has 0 aromatic heterocycles. The molecule has 0 saturated heterocycles. The predicted molar refractivity (Wildman–Crippen MR) is 111 cm³/mol. The van der Waals surface area contributed by atoms with Crippen LogP contribution < -0.4 is 5.32 Å². The van der Waals surface area contributed by atoms with Crippen molar-refractivity contribution in [3.05, 3.63) is 65.2 Å². The van der Waals surface area contributed by atoms with Crippen LogP contribution in [0.4, 0.5) is 8.78 Å². The van der Waals surface area contributed by atoms with Crippen molar-refractivity contribution >= 4 is 23.6 Å². The molecule has 0 heterocycles. The molecule has 5 nitrogen and oxygen atoms in total. The number of nitrogens with one attached hydrogen (secondary N) is 1. The van der Waals surface area contributed by atoms with Gasteiger partial charge in [-0.1, -0.05) is 18.2 Å². The van der Waals surface area contributed by atoms with Crippen LogP contribution in [0.5, 0.6) is 0 Å². The fourth-order valence-corrected chi connectivity index (χ4v) is 3.73. The fourth-order valence-electron chi connectivity index (χ4n) is 2.71. The minimum absolute atomic E-state index is 0.0271. The fraction of sp³-hybridized carbons (Fsp3) is 0.333. The van der Waals surface area contributed by atoms with Gasteiger partial charge in [-0.2, -0.15) is 0 Å². The summed E-state index contributed by atoms with van der Waals surface area (Å²) in [4.78, 5) is 28.4. The normalized spacial score (nSPS) is 12.0. The van der Waals surface area contributed by atoms with Crippen LogP contribution in [0, 0.1) is 11.6 Å². The number of thioether (sulfide) groups is 1. The van der Waals surface area contributed by atoms with E-state index in [0.29, 0.717) is 10.5 Å². The first kappa shape index (κ1) is 22.8. The van der Waals surface area contributed by atoms with Crippen LogP contribution in [0.1, 0.15) is 22.0 Å². The van der Waals surface area contributed by atoms with Gasteiger partial charge in [-0.15, -0.1) is 11.8 Å². The van der Waals surface area contributed by atoms with Crippen LogP contribution >= 0.6 is 11.8 Å². The molecule has 0 aliphatic rings. The Bertz CT molecular complexity index is 855. The van der Waals surface area contributed by atoms with Gasteiger partial charge < -0.3 is 15.1 Å². The van der Waals surface area contributed by atoms with Gasteiger partial charge in [0.05, 0.1) is 17.4 Å². The molecule has 0 fully saturated rings. The summed E-state index contributed by atoms with van der Waals surface area (Å²) in [5.41, 5.74) is 0.326. The van der Waals surface area contributed by atoms with E-state index in [4.69, 9.17) is 0 Å². The highest BCUT2D eigenvalue weighted by atomic mass is 32.2. The van der Waals surface area contributed by atoms with Gasteiger partial charge in [0.25, 0.3) is 5.91 Å². The van der Waals surface area contributed by atoms with E-state index in [9.17, 15) is 18.4 Å². The quantitative estimate of drug-likeness (QED) is 0.666. The maximum atomic E-state index is 14.2. The molecule has 156 valence electrons. The Balaban J connectivity index is 2.14. The zero-order valence-corrected chi connectivity index (χ0v) is 17.7. The minimum Gasteiger partial charge on any atom is -0.350 e. The summed E-state index contributed by atoms with van der Waals surface area (Å²) in [6.07, 6.45) is 0. The molecule has 0 aliphatic heterocycles. The number of carbonyl (C=O) groups is 2. The molecule has 1 atom stereocenters. The third-order valence-electron chi connectivity index (χ3n) is 4.39. The van der Waals surface area contributed by atoms with Crippen molar-refractivity contribution in [3.63, 3.8) is 0 Å². The lowest BCUT2D eigenvalue weighted by molar-refractivity contribution is -0.125. The highest BCUT2D eigenvalue weighted by Gasteiger charge is 2.23. The van der Waals surface area contributed by atoms with Gasteiger partial charge in [0.1, 0.15) is 11.6 Å². The average molecular weight is 422 g/mol. The van der Waals surface area contributed by atoms with Crippen LogP contribution in [0.2, 0.25) is 0 Å². The molecule has 1 unspecified atom stereocenters. The van der Waals surface area contributed by atoms with Crippen LogP contribution in [0.3, 0.4) is 0 Å². The van der Waals surface area contributed by atoms with E-state index >= 15 is 0 Å². The summed E-state index contributed by atoms with van der Waals surface area (Å²) >= 11 is 1.27. The lowest BCUT2D eigenvalue weighted by Crippen LogP contribution is -2.35. The average Bonchev–Trinajstić information content (AvgIpc) is 2.67. The van der Waals surface area contributed by atoms with E-state index < -0.39 is 17.7 Å². The topological polar surface area (TPSA) is 52.7 Å². The van der Waals surface area contributed by atoms with Crippen molar-refractivity contribution < 1.29 is 18.4 Å². The number of nitrogens with zero attached hydrogens (tertiary/aromatic N) is 2. The number of hydrogen-bond acceptors (Lipinski definition) is 4. The molecule has 0 radical (unpaired) electrons. The monoisotopic (exact) mass is 421 g/mol. The lowest BCUT2D eigenvalue weighted by Gasteiger charge is -2.26. The summed E-state index contributed by atoms with van der Waals surface area (Å²) in [5.74, 6) is -1.54. The van der Waals surface area contributed by atoms with E-state index in [0.717, 1.165) is 0 Å². The zero-order valence-electron chi connectivity index (χ0n) is 16.9. The molecule has 2 amide bonds. The van der Waals surface area contributed by atoms with E-state index in [1.54, 1.807) is 57.4 Å². The van der Waals surface area contributed by atoms with E-state index in [-0.39, 0.29) is 29.7 Å². The molecule has 29 heavy (non-hydrogen) atoms. The number of carbonyl (C=O) groups excluding carboxylic acids is 2. The molecule has 2 aromatic rings. The minimum atomic E-state index is -0.671. The Morgan fingerprint density at radius 3 is 2.21 bits per heavy atom. The van der Waals surface area contributed by atoms with E-state index in [1.807, 2.05) is 0 Å². The summed E-state index contributed by atoms with van der Waals surface area (Å²) in [6, 6.07) is 9.98. The molecule has 0 aliphatic carbocycles. The second-order valence-corrected chi connectivity index (χ2v) is 7.91. The molecule has 0 bridgehead atoms. The predicted octanol–water partition coefficient (Wildman–Crippen LogP) is 3.18. The van der Waals surface area contributed by atoms with Crippen molar-refractivity contribution in [1.82, 2.24) is 15.1 Å². The Morgan fingerprint density at radius 2 is 1.62 bits per heavy atom. The number of hydrogen-bond donors (Lipinski definition) is 1. The smallest absolute Gasteiger partial charge is 0.252 e. The molecule has 0 spiro atoms. The summed E-state index contributed by atoms with van der Waals surface area (Å²) < 4.78 is 28.4. The Kier molecular flexibility index (Phi) is 8.16. The third-order valence-corrected chi connectivity index (χ3v) is 5.45. The Labute approximate surface area is 174 Å². The maximum absolute atomic E-state index is 14.2. The third kappa shape index (κ3) is 6.01. The number of halogens is 2. The molecular weight excluding hydrogens is 396 g/mol. The number of amides is 2. The van der Waals surface area contributed by atoms with Gasteiger partial charge in [-0.05, 0) is 38.4 Å². The number of likely N-dealkylation sites (N-methyl/N-ethyl adjacent to an activating group) is 1. The zero-order chi connectivity index (χ0) is 21.6.